The van der Waals surface area contributed by atoms with Crippen molar-refractivity contribution in [2.75, 3.05) is 6.61 Å². The Bertz CT molecular complexity index is 324. The molecule has 0 amide bonds. The minimum Gasteiger partial charge on any atom is -0.505 e. The van der Waals surface area contributed by atoms with Crippen LogP contribution >= 0.6 is 0 Å². The van der Waals surface area contributed by atoms with Crippen LogP contribution in [0, 0.1) is 18.6 Å². The summed E-state index contributed by atoms with van der Waals surface area (Å²) in [5.41, 5.74) is 0.252. The van der Waals surface area contributed by atoms with Gasteiger partial charge in [-0.1, -0.05) is 0 Å². The van der Waals surface area contributed by atoms with E-state index in [1.54, 1.807) is 6.92 Å². The third-order valence-corrected chi connectivity index (χ3v) is 1.64. The molecule has 1 aromatic carbocycles. The summed E-state index contributed by atoms with van der Waals surface area (Å²) in [4.78, 5) is 0. The van der Waals surface area contributed by atoms with Crippen molar-refractivity contribution in [1.29, 1.82) is 0 Å². The van der Waals surface area contributed by atoms with E-state index >= 15 is 0 Å². The minimum absolute atomic E-state index is 0.171. The summed E-state index contributed by atoms with van der Waals surface area (Å²) in [6, 6.07) is 1.26. The molecule has 0 bridgehead atoms. The van der Waals surface area contributed by atoms with Crippen LogP contribution in [0.4, 0.5) is 8.78 Å². The summed E-state index contributed by atoms with van der Waals surface area (Å²) in [6.07, 6.45) is 0. The van der Waals surface area contributed by atoms with Crippen LogP contribution in [0.2, 0.25) is 0 Å². The third-order valence-electron chi connectivity index (χ3n) is 1.64. The quantitative estimate of drug-likeness (QED) is 0.772. The molecule has 1 rings (SSSR count). The Morgan fingerprint density at radius 2 is 2.00 bits per heavy atom. The molecule has 0 saturated carbocycles. The third kappa shape index (κ3) is 1.71. The Morgan fingerprint density at radius 1 is 1.38 bits per heavy atom. The smallest absolute Gasteiger partial charge is 0.204 e. The van der Waals surface area contributed by atoms with Crippen LogP contribution in [0.15, 0.2) is 6.07 Å². The molecular weight excluding hydrogens is 178 g/mol. The monoisotopic (exact) mass is 188 g/mol. The van der Waals surface area contributed by atoms with E-state index in [4.69, 9.17) is 9.84 Å². The van der Waals surface area contributed by atoms with Crippen molar-refractivity contribution in [2.24, 2.45) is 0 Å². The summed E-state index contributed by atoms with van der Waals surface area (Å²) in [5, 5.41) is 9.01. The fourth-order valence-corrected chi connectivity index (χ4v) is 0.974. The number of ether oxygens (including phenoxy) is 1. The Kier molecular flexibility index (Phi) is 2.70. The van der Waals surface area contributed by atoms with Gasteiger partial charge in [0, 0.05) is 0 Å². The number of hydrogen-bond donors (Lipinski definition) is 1. The summed E-state index contributed by atoms with van der Waals surface area (Å²) >= 11 is 0. The van der Waals surface area contributed by atoms with Crippen LogP contribution in [-0.2, 0) is 0 Å². The Hall–Kier alpha value is -1.32. The molecule has 0 radical (unpaired) electrons. The number of rotatable bonds is 2. The molecule has 0 aromatic heterocycles. The highest BCUT2D eigenvalue weighted by Gasteiger charge is 2.16. The van der Waals surface area contributed by atoms with Crippen LogP contribution in [0.25, 0.3) is 0 Å². The zero-order valence-electron chi connectivity index (χ0n) is 7.40. The van der Waals surface area contributed by atoms with E-state index in [0.29, 0.717) is 0 Å². The van der Waals surface area contributed by atoms with Crippen molar-refractivity contribution in [1.82, 2.24) is 0 Å². The average molecular weight is 188 g/mol. The second-order valence-corrected chi connectivity index (χ2v) is 2.60. The van der Waals surface area contributed by atoms with Gasteiger partial charge < -0.3 is 9.84 Å². The van der Waals surface area contributed by atoms with Crippen molar-refractivity contribution in [3.63, 3.8) is 0 Å². The molecule has 0 atom stereocenters. The topological polar surface area (TPSA) is 29.5 Å². The Labute approximate surface area is 74.8 Å². The molecule has 0 aliphatic rings. The largest absolute Gasteiger partial charge is 0.505 e. The van der Waals surface area contributed by atoms with Gasteiger partial charge >= 0.3 is 0 Å². The average Bonchev–Trinajstić information content (AvgIpc) is 2.11. The predicted octanol–water partition coefficient (Wildman–Crippen LogP) is 2.38. The predicted molar refractivity (Wildman–Crippen MR) is 43.9 cm³/mol. The molecule has 1 aromatic rings. The van der Waals surface area contributed by atoms with E-state index in [-0.39, 0.29) is 17.9 Å². The summed E-state index contributed by atoms with van der Waals surface area (Å²) in [5.74, 6) is -3.25. The normalized spacial score (nSPS) is 10.2. The van der Waals surface area contributed by atoms with Crippen LogP contribution < -0.4 is 4.74 Å². The lowest BCUT2D eigenvalue weighted by Gasteiger charge is -2.08. The second-order valence-electron chi connectivity index (χ2n) is 2.60. The molecule has 72 valence electrons. The fourth-order valence-electron chi connectivity index (χ4n) is 0.974. The summed E-state index contributed by atoms with van der Waals surface area (Å²) < 4.78 is 30.7. The minimum atomic E-state index is -1.26. The Balaban J connectivity index is 3.24. The van der Waals surface area contributed by atoms with Gasteiger partial charge in [-0.15, -0.1) is 0 Å². The van der Waals surface area contributed by atoms with E-state index in [1.165, 1.54) is 13.0 Å². The van der Waals surface area contributed by atoms with Gasteiger partial charge in [0.05, 0.1) is 6.61 Å². The number of aryl methyl sites for hydroxylation is 1. The lowest BCUT2D eigenvalue weighted by atomic mass is 10.2. The number of benzene rings is 1. The van der Waals surface area contributed by atoms with Gasteiger partial charge in [0.2, 0.25) is 11.6 Å². The van der Waals surface area contributed by atoms with E-state index in [9.17, 15) is 8.78 Å². The second kappa shape index (κ2) is 3.60. The molecule has 4 heteroatoms. The van der Waals surface area contributed by atoms with Crippen LogP contribution in [0.3, 0.4) is 0 Å². The molecule has 0 fully saturated rings. The van der Waals surface area contributed by atoms with E-state index in [0.717, 1.165) is 0 Å². The molecule has 0 heterocycles. The SMILES string of the molecule is CCOc1cc(C)c(O)c(F)c1F. The first kappa shape index (κ1) is 9.77. The molecule has 0 spiro atoms. The molecular formula is C9H10F2O2. The van der Waals surface area contributed by atoms with Gasteiger partial charge in [0.25, 0.3) is 0 Å². The molecule has 2 nitrogen and oxygen atoms in total. The van der Waals surface area contributed by atoms with E-state index in [1.807, 2.05) is 0 Å². The molecule has 13 heavy (non-hydrogen) atoms. The maximum absolute atomic E-state index is 13.0. The molecule has 0 unspecified atom stereocenters. The molecule has 0 saturated heterocycles. The first-order chi connectivity index (χ1) is 6.07. The van der Waals surface area contributed by atoms with Gasteiger partial charge in [0.15, 0.2) is 11.5 Å². The van der Waals surface area contributed by atoms with Gasteiger partial charge in [-0.2, -0.15) is 8.78 Å². The van der Waals surface area contributed by atoms with Gasteiger partial charge in [-0.05, 0) is 25.5 Å². The number of aromatic hydroxyl groups is 1. The fraction of sp³-hybridized carbons (Fsp3) is 0.333. The Morgan fingerprint density at radius 3 is 2.54 bits per heavy atom. The van der Waals surface area contributed by atoms with Crippen molar-refractivity contribution in [2.45, 2.75) is 13.8 Å². The lowest BCUT2D eigenvalue weighted by Crippen LogP contribution is -1.98. The zero-order valence-corrected chi connectivity index (χ0v) is 7.40. The number of phenolic OH excluding ortho intramolecular Hbond substituents is 1. The van der Waals surface area contributed by atoms with Gasteiger partial charge in [-0.25, -0.2) is 0 Å². The van der Waals surface area contributed by atoms with Crippen molar-refractivity contribution >= 4 is 0 Å². The zero-order chi connectivity index (χ0) is 10.0. The summed E-state index contributed by atoms with van der Waals surface area (Å²) in [6.45, 7) is 3.39. The van der Waals surface area contributed by atoms with Crippen LogP contribution in [0.1, 0.15) is 12.5 Å². The first-order valence-electron chi connectivity index (χ1n) is 3.88. The first-order valence-corrected chi connectivity index (χ1v) is 3.88. The maximum atomic E-state index is 13.0. The van der Waals surface area contributed by atoms with Gasteiger partial charge in [0.1, 0.15) is 0 Å². The van der Waals surface area contributed by atoms with Crippen molar-refractivity contribution in [3.05, 3.63) is 23.3 Å². The van der Waals surface area contributed by atoms with E-state index < -0.39 is 17.4 Å². The van der Waals surface area contributed by atoms with E-state index in [2.05, 4.69) is 0 Å². The summed E-state index contributed by atoms with van der Waals surface area (Å²) in [7, 11) is 0. The number of phenols is 1. The van der Waals surface area contributed by atoms with Crippen molar-refractivity contribution < 1.29 is 18.6 Å². The number of halogens is 2. The van der Waals surface area contributed by atoms with Crippen LogP contribution in [0.5, 0.6) is 11.5 Å². The number of hydrogen-bond acceptors (Lipinski definition) is 2. The van der Waals surface area contributed by atoms with Gasteiger partial charge in [-0.3, -0.25) is 0 Å². The highest BCUT2D eigenvalue weighted by Crippen LogP contribution is 2.30. The molecule has 0 aliphatic carbocycles. The highest BCUT2D eigenvalue weighted by atomic mass is 19.2. The lowest BCUT2D eigenvalue weighted by molar-refractivity contribution is 0.307. The molecule has 0 aliphatic heterocycles. The standard InChI is InChI=1S/C9H10F2O2/c1-3-13-6-4-5(2)9(12)8(11)7(6)10/h4,12H,3H2,1-2H3. The van der Waals surface area contributed by atoms with Crippen LogP contribution in [-0.4, -0.2) is 11.7 Å². The highest BCUT2D eigenvalue weighted by molar-refractivity contribution is 5.41. The maximum Gasteiger partial charge on any atom is 0.204 e. The molecule has 1 N–H and O–H groups in total. The van der Waals surface area contributed by atoms with Crippen molar-refractivity contribution in [3.8, 4) is 11.5 Å².